The number of carbonyl (C=O) groups excluding carboxylic acids is 1. The Balaban J connectivity index is 2.11. The highest BCUT2D eigenvalue weighted by Crippen LogP contribution is 2.38. The van der Waals surface area contributed by atoms with Gasteiger partial charge in [0.1, 0.15) is 12.2 Å². The van der Waals surface area contributed by atoms with Crippen LogP contribution < -0.4 is 0 Å². The number of nitrogens with zero attached hydrogens (tertiary/aromatic N) is 2. The summed E-state index contributed by atoms with van der Waals surface area (Å²) in [5, 5.41) is 14.1. The second-order valence-corrected chi connectivity index (χ2v) is 8.41. The zero-order chi connectivity index (χ0) is 19.8. The van der Waals surface area contributed by atoms with E-state index in [0.717, 1.165) is 0 Å². The van der Waals surface area contributed by atoms with Crippen LogP contribution in [0.15, 0.2) is 23.2 Å². The first-order valence-corrected chi connectivity index (χ1v) is 10.3. The second-order valence-electron chi connectivity index (χ2n) is 6.33. The number of benzene rings is 1. The number of aromatic nitrogens is 2. The maximum Gasteiger partial charge on any atom is 0.220 e. The van der Waals surface area contributed by atoms with Crippen LogP contribution in [0.2, 0.25) is 0 Å². The average Bonchev–Trinajstić information content (AvgIpc) is 3.01. The molecule has 9 heteroatoms. The molecule has 0 aliphatic carbocycles. The Hall–Kier alpha value is -2.26. The van der Waals surface area contributed by atoms with Crippen LogP contribution in [0.5, 0.6) is 5.88 Å². The van der Waals surface area contributed by atoms with E-state index in [1.54, 1.807) is 13.8 Å². The van der Waals surface area contributed by atoms with E-state index in [4.69, 9.17) is 4.74 Å². The monoisotopic (exact) mass is 396 g/mol. The third-order valence-corrected chi connectivity index (χ3v) is 6.58. The lowest BCUT2D eigenvalue weighted by atomic mass is 9.93. The number of aryl methyl sites for hydroxylation is 1. The molecule has 0 amide bonds. The maximum absolute atomic E-state index is 12.9. The SMILES string of the molecule is CCn1ncc(C(=O)c2ccc3c(c2C)C(OCCF)CCS3(=O)=O)c1O. The van der Waals surface area contributed by atoms with Crippen molar-refractivity contribution in [3.05, 3.63) is 40.6 Å². The summed E-state index contributed by atoms with van der Waals surface area (Å²) < 4.78 is 44.2. The van der Waals surface area contributed by atoms with E-state index in [1.165, 1.54) is 23.0 Å². The highest BCUT2D eigenvalue weighted by molar-refractivity contribution is 7.91. The van der Waals surface area contributed by atoms with Gasteiger partial charge in [-0.25, -0.2) is 17.5 Å². The van der Waals surface area contributed by atoms with Crippen molar-refractivity contribution in [1.82, 2.24) is 9.78 Å². The molecule has 146 valence electrons. The first-order chi connectivity index (χ1) is 12.8. The molecule has 1 N–H and O–H groups in total. The molecule has 0 spiro atoms. The van der Waals surface area contributed by atoms with Gasteiger partial charge in [-0.1, -0.05) is 0 Å². The second kappa shape index (κ2) is 7.40. The van der Waals surface area contributed by atoms with Crippen molar-refractivity contribution < 1.29 is 27.4 Å². The Morgan fingerprint density at radius 2 is 2.15 bits per heavy atom. The van der Waals surface area contributed by atoms with Crippen LogP contribution in [-0.4, -0.2) is 48.1 Å². The van der Waals surface area contributed by atoms with E-state index in [2.05, 4.69) is 5.10 Å². The summed E-state index contributed by atoms with van der Waals surface area (Å²) in [4.78, 5) is 13.0. The van der Waals surface area contributed by atoms with Crippen LogP contribution >= 0.6 is 0 Å². The van der Waals surface area contributed by atoms with Crippen molar-refractivity contribution in [2.75, 3.05) is 19.0 Å². The van der Waals surface area contributed by atoms with Crippen molar-refractivity contribution in [2.24, 2.45) is 0 Å². The number of halogens is 1. The summed E-state index contributed by atoms with van der Waals surface area (Å²) >= 11 is 0. The molecule has 0 fully saturated rings. The third kappa shape index (κ3) is 3.37. The van der Waals surface area contributed by atoms with E-state index < -0.39 is 28.4 Å². The van der Waals surface area contributed by atoms with Gasteiger partial charge in [0.2, 0.25) is 5.88 Å². The number of ether oxygens (including phenoxy) is 1. The summed E-state index contributed by atoms with van der Waals surface area (Å²) in [5.74, 6) is -0.787. The summed E-state index contributed by atoms with van der Waals surface area (Å²) in [6, 6.07) is 2.82. The van der Waals surface area contributed by atoms with Gasteiger partial charge in [0.25, 0.3) is 0 Å². The van der Waals surface area contributed by atoms with Gasteiger partial charge in [-0.05, 0) is 38.0 Å². The number of sulfone groups is 1. The molecule has 3 rings (SSSR count). The number of hydrogen-bond donors (Lipinski definition) is 1. The fraction of sp³-hybridized carbons (Fsp3) is 0.444. The lowest BCUT2D eigenvalue weighted by molar-refractivity contribution is 0.0380. The Bertz CT molecular complexity index is 984. The largest absolute Gasteiger partial charge is 0.493 e. The first-order valence-electron chi connectivity index (χ1n) is 8.65. The molecule has 2 heterocycles. The molecule has 7 nitrogen and oxygen atoms in total. The van der Waals surface area contributed by atoms with Crippen LogP contribution in [0.25, 0.3) is 0 Å². The zero-order valence-corrected chi connectivity index (χ0v) is 15.9. The fourth-order valence-corrected chi connectivity index (χ4v) is 5.05. The van der Waals surface area contributed by atoms with Gasteiger partial charge in [-0.2, -0.15) is 5.10 Å². The van der Waals surface area contributed by atoms with Gasteiger partial charge < -0.3 is 9.84 Å². The maximum atomic E-state index is 12.9. The van der Waals surface area contributed by atoms with Crippen molar-refractivity contribution in [3.8, 4) is 5.88 Å². The van der Waals surface area contributed by atoms with E-state index in [1.807, 2.05) is 0 Å². The van der Waals surface area contributed by atoms with Crippen molar-refractivity contribution in [1.29, 1.82) is 0 Å². The number of hydrogen-bond acceptors (Lipinski definition) is 6. The lowest BCUT2D eigenvalue weighted by Gasteiger charge is -2.28. The van der Waals surface area contributed by atoms with Crippen LogP contribution in [-0.2, 0) is 21.1 Å². The molecule has 1 aromatic heterocycles. The molecule has 0 bridgehead atoms. The van der Waals surface area contributed by atoms with Gasteiger partial charge in [0, 0.05) is 17.7 Å². The normalized spacial score (nSPS) is 18.3. The molecule has 2 aromatic rings. The minimum Gasteiger partial charge on any atom is -0.493 e. The average molecular weight is 396 g/mol. The minimum atomic E-state index is -3.49. The van der Waals surface area contributed by atoms with Gasteiger partial charge >= 0.3 is 0 Å². The van der Waals surface area contributed by atoms with Crippen LogP contribution in [0.4, 0.5) is 4.39 Å². The van der Waals surface area contributed by atoms with Crippen LogP contribution in [0, 0.1) is 6.92 Å². The molecule has 1 unspecified atom stereocenters. The molecule has 27 heavy (non-hydrogen) atoms. The Morgan fingerprint density at radius 3 is 2.78 bits per heavy atom. The highest BCUT2D eigenvalue weighted by atomic mass is 32.2. The van der Waals surface area contributed by atoms with E-state index >= 15 is 0 Å². The quantitative estimate of drug-likeness (QED) is 0.753. The predicted octanol–water partition coefficient (Wildman–Crippen LogP) is 2.35. The summed E-state index contributed by atoms with van der Waals surface area (Å²) in [6.07, 6.45) is 0.889. The standard InChI is InChI=1S/C18H21FN2O5S/c1-3-21-18(23)13(10-20-21)17(22)12-4-5-15-16(11(12)2)14(26-8-7-19)6-9-27(15,24)25/h4-5,10,14,23H,3,6-9H2,1-2H3. The molecule has 0 saturated carbocycles. The molecular weight excluding hydrogens is 375 g/mol. The highest BCUT2D eigenvalue weighted by Gasteiger charge is 2.34. The van der Waals surface area contributed by atoms with E-state index in [0.29, 0.717) is 17.7 Å². The number of aromatic hydroxyl groups is 1. The molecule has 1 aliphatic rings. The van der Waals surface area contributed by atoms with Crippen molar-refractivity contribution in [2.45, 2.75) is 37.8 Å². The van der Waals surface area contributed by atoms with Crippen molar-refractivity contribution >= 4 is 15.6 Å². The zero-order valence-electron chi connectivity index (χ0n) is 15.1. The third-order valence-electron chi connectivity index (χ3n) is 4.78. The number of fused-ring (bicyclic) bond motifs is 1. The first kappa shape index (κ1) is 19.5. The molecule has 0 saturated heterocycles. The summed E-state index contributed by atoms with van der Waals surface area (Å²) in [5.41, 5.74) is 1.14. The fourth-order valence-electron chi connectivity index (χ4n) is 3.41. The number of carbonyl (C=O) groups is 1. The molecule has 1 aliphatic heterocycles. The Labute approximate surface area is 156 Å². The predicted molar refractivity (Wildman–Crippen MR) is 95.5 cm³/mol. The van der Waals surface area contributed by atoms with Gasteiger partial charge in [0.05, 0.1) is 29.6 Å². The molecule has 0 radical (unpaired) electrons. The van der Waals surface area contributed by atoms with E-state index in [9.17, 15) is 22.7 Å². The molecular formula is C18H21FN2O5S. The number of rotatable bonds is 6. The van der Waals surface area contributed by atoms with E-state index in [-0.39, 0.29) is 40.7 Å². The lowest BCUT2D eigenvalue weighted by Crippen LogP contribution is -2.24. The minimum absolute atomic E-state index is 0.0415. The number of alkyl halides is 1. The van der Waals surface area contributed by atoms with Gasteiger partial charge in [0.15, 0.2) is 15.6 Å². The van der Waals surface area contributed by atoms with Gasteiger partial charge in [-0.15, -0.1) is 0 Å². The summed E-state index contributed by atoms with van der Waals surface area (Å²) in [7, 11) is -3.49. The Morgan fingerprint density at radius 1 is 1.41 bits per heavy atom. The molecule has 1 atom stereocenters. The number of ketones is 1. The molecule has 1 aromatic carbocycles. The Kier molecular flexibility index (Phi) is 5.34. The van der Waals surface area contributed by atoms with Crippen LogP contribution in [0.3, 0.4) is 0 Å². The summed E-state index contributed by atoms with van der Waals surface area (Å²) in [6.45, 7) is 2.99. The smallest absolute Gasteiger partial charge is 0.220 e. The topological polar surface area (TPSA) is 98.5 Å². The van der Waals surface area contributed by atoms with Crippen molar-refractivity contribution in [3.63, 3.8) is 0 Å². The van der Waals surface area contributed by atoms with Gasteiger partial charge in [-0.3, -0.25) is 4.79 Å². The van der Waals surface area contributed by atoms with Crippen LogP contribution in [0.1, 0.15) is 46.5 Å².